The lowest BCUT2D eigenvalue weighted by molar-refractivity contribution is 0.0957. The Morgan fingerprint density at radius 3 is 2.58 bits per heavy atom. The van der Waals surface area contributed by atoms with E-state index in [0.717, 1.165) is 25.7 Å². The number of hydrogen-bond acceptors (Lipinski definition) is 3. The quantitative estimate of drug-likeness (QED) is 0.786. The van der Waals surface area contributed by atoms with Crippen molar-refractivity contribution in [1.29, 1.82) is 0 Å². The predicted octanol–water partition coefficient (Wildman–Crippen LogP) is 2.54. The van der Waals surface area contributed by atoms with E-state index in [1.807, 2.05) is 18.2 Å². The number of benzene rings is 1. The van der Waals surface area contributed by atoms with Gasteiger partial charge in [0.2, 0.25) is 0 Å². The molecule has 1 aromatic carbocycles. The van der Waals surface area contributed by atoms with Gasteiger partial charge >= 0.3 is 12.1 Å². The first-order valence-corrected chi connectivity index (χ1v) is 8.69. The molecule has 132 valence electrons. The highest BCUT2D eigenvalue weighted by Crippen LogP contribution is 2.11. The number of ether oxygens (including phenoxy) is 1. The highest BCUT2D eigenvalue weighted by molar-refractivity contribution is 5.74. The number of aryl methyl sites for hydroxylation is 1. The Labute approximate surface area is 143 Å². The molecule has 6 heteroatoms. The summed E-state index contributed by atoms with van der Waals surface area (Å²) in [5.74, 6) is 0. The second kappa shape index (κ2) is 9.80. The van der Waals surface area contributed by atoms with Crippen molar-refractivity contribution < 1.29 is 14.3 Å². The monoisotopic (exact) mass is 333 g/mol. The SMILES string of the molecule is CCOC(=O)N1CCC(NC(=O)NCCCc2ccccc2)CC1. The van der Waals surface area contributed by atoms with E-state index in [-0.39, 0.29) is 18.2 Å². The third-order valence-corrected chi connectivity index (χ3v) is 4.13. The van der Waals surface area contributed by atoms with Crippen LogP contribution in [0.4, 0.5) is 9.59 Å². The zero-order valence-corrected chi connectivity index (χ0v) is 14.3. The van der Waals surface area contributed by atoms with E-state index >= 15 is 0 Å². The number of rotatable bonds is 6. The van der Waals surface area contributed by atoms with Crippen LogP contribution >= 0.6 is 0 Å². The summed E-state index contributed by atoms with van der Waals surface area (Å²) in [7, 11) is 0. The average Bonchev–Trinajstić information content (AvgIpc) is 2.60. The smallest absolute Gasteiger partial charge is 0.409 e. The second-order valence-electron chi connectivity index (χ2n) is 5.95. The van der Waals surface area contributed by atoms with Gasteiger partial charge in [0.25, 0.3) is 0 Å². The van der Waals surface area contributed by atoms with Gasteiger partial charge in [0.15, 0.2) is 0 Å². The maximum atomic E-state index is 11.9. The van der Waals surface area contributed by atoms with Crippen molar-refractivity contribution >= 4 is 12.1 Å². The van der Waals surface area contributed by atoms with E-state index < -0.39 is 0 Å². The summed E-state index contributed by atoms with van der Waals surface area (Å²) in [6.07, 6.45) is 3.13. The molecule has 1 aromatic rings. The fourth-order valence-corrected chi connectivity index (χ4v) is 2.80. The highest BCUT2D eigenvalue weighted by atomic mass is 16.6. The van der Waals surface area contributed by atoms with Gasteiger partial charge in [-0.2, -0.15) is 0 Å². The first-order valence-electron chi connectivity index (χ1n) is 8.69. The van der Waals surface area contributed by atoms with Gasteiger partial charge in [-0.25, -0.2) is 9.59 Å². The van der Waals surface area contributed by atoms with Crippen LogP contribution in [0.5, 0.6) is 0 Å². The molecule has 6 nitrogen and oxygen atoms in total. The Hall–Kier alpha value is -2.24. The molecular weight excluding hydrogens is 306 g/mol. The minimum Gasteiger partial charge on any atom is -0.450 e. The maximum Gasteiger partial charge on any atom is 0.409 e. The molecule has 0 spiro atoms. The van der Waals surface area contributed by atoms with Crippen molar-refractivity contribution in [1.82, 2.24) is 15.5 Å². The van der Waals surface area contributed by atoms with Crippen molar-refractivity contribution in [2.24, 2.45) is 0 Å². The summed E-state index contributed by atoms with van der Waals surface area (Å²) in [5.41, 5.74) is 1.28. The number of carbonyl (C=O) groups excluding carboxylic acids is 2. The minimum atomic E-state index is -0.263. The molecule has 1 saturated heterocycles. The fourth-order valence-electron chi connectivity index (χ4n) is 2.80. The lowest BCUT2D eigenvalue weighted by Crippen LogP contribution is -2.49. The number of nitrogens with zero attached hydrogens (tertiary/aromatic N) is 1. The molecule has 1 fully saturated rings. The molecule has 0 radical (unpaired) electrons. The van der Waals surface area contributed by atoms with Crippen LogP contribution in [-0.2, 0) is 11.2 Å². The summed E-state index contributed by atoms with van der Waals surface area (Å²) in [6.45, 7) is 4.09. The minimum absolute atomic E-state index is 0.116. The normalized spacial score (nSPS) is 15.0. The molecule has 0 aromatic heterocycles. The van der Waals surface area contributed by atoms with Crippen LogP contribution in [-0.4, -0.2) is 49.3 Å². The number of carbonyl (C=O) groups is 2. The predicted molar refractivity (Wildman–Crippen MR) is 92.9 cm³/mol. The van der Waals surface area contributed by atoms with E-state index in [1.54, 1.807) is 11.8 Å². The Morgan fingerprint density at radius 2 is 1.92 bits per heavy atom. The first-order chi connectivity index (χ1) is 11.7. The highest BCUT2D eigenvalue weighted by Gasteiger charge is 2.24. The van der Waals surface area contributed by atoms with Crippen molar-refractivity contribution in [3.8, 4) is 0 Å². The molecule has 24 heavy (non-hydrogen) atoms. The topological polar surface area (TPSA) is 70.7 Å². The van der Waals surface area contributed by atoms with Crippen LogP contribution in [0.1, 0.15) is 31.7 Å². The molecule has 0 atom stereocenters. The molecule has 2 N–H and O–H groups in total. The Balaban J connectivity index is 1.57. The van der Waals surface area contributed by atoms with Gasteiger partial charge in [0.05, 0.1) is 6.61 Å². The van der Waals surface area contributed by atoms with Crippen LogP contribution < -0.4 is 10.6 Å². The number of piperidine rings is 1. The van der Waals surface area contributed by atoms with Gasteiger partial charge in [-0.15, -0.1) is 0 Å². The van der Waals surface area contributed by atoms with E-state index in [1.165, 1.54) is 5.56 Å². The van der Waals surface area contributed by atoms with E-state index in [9.17, 15) is 9.59 Å². The number of likely N-dealkylation sites (tertiary alicyclic amines) is 1. The Bertz CT molecular complexity index is 514. The van der Waals surface area contributed by atoms with Gasteiger partial charge < -0.3 is 20.3 Å². The third-order valence-electron chi connectivity index (χ3n) is 4.13. The van der Waals surface area contributed by atoms with Gasteiger partial charge in [-0.1, -0.05) is 30.3 Å². The van der Waals surface area contributed by atoms with E-state index in [2.05, 4.69) is 22.8 Å². The summed E-state index contributed by atoms with van der Waals surface area (Å²) < 4.78 is 4.99. The fraction of sp³-hybridized carbons (Fsp3) is 0.556. The molecule has 1 heterocycles. The summed E-state index contributed by atoms with van der Waals surface area (Å²) in [5, 5.41) is 5.88. The van der Waals surface area contributed by atoms with E-state index in [4.69, 9.17) is 4.74 Å². The lowest BCUT2D eigenvalue weighted by Gasteiger charge is -2.31. The van der Waals surface area contributed by atoms with Crippen LogP contribution in [0.15, 0.2) is 30.3 Å². The molecule has 0 aliphatic carbocycles. The summed E-state index contributed by atoms with van der Waals surface area (Å²) in [4.78, 5) is 25.2. The van der Waals surface area contributed by atoms with Crippen LogP contribution in [0, 0.1) is 0 Å². The van der Waals surface area contributed by atoms with Gasteiger partial charge in [0.1, 0.15) is 0 Å². The molecule has 1 aliphatic rings. The molecule has 0 saturated carbocycles. The average molecular weight is 333 g/mol. The van der Waals surface area contributed by atoms with Crippen LogP contribution in [0.3, 0.4) is 0 Å². The molecular formula is C18H27N3O3. The zero-order valence-electron chi connectivity index (χ0n) is 14.3. The molecule has 1 aliphatic heterocycles. The molecule has 0 unspecified atom stereocenters. The van der Waals surface area contributed by atoms with Crippen molar-refractivity contribution in [3.05, 3.63) is 35.9 Å². The Kier molecular flexibility index (Phi) is 7.39. The second-order valence-corrected chi connectivity index (χ2v) is 5.95. The van der Waals surface area contributed by atoms with Crippen molar-refractivity contribution in [2.75, 3.05) is 26.2 Å². The van der Waals surface area contributed by atoms with Crippen LogP contribution in [0.2, 0.25) is 0 Å². The summed E-state index contributed by atoms with van der Waals surface area (Å²) >= 11 is 0. The first kappa shape index (κ1) is 18.1. The molecule has 0 bridgehead atoms. The van der Waals surface area contributed by atoms with E-state index in [0.29, 0.717) is 26.2 Å². The zero-order chi connectivity index (χ0) is 17.2. The number of amides is 3. The lowest BCUT2D eigenvalue weighted by atomic mass is 10.1. The standard InChI is InChI=1S/C18H27N3O3/c1-2-24-18(23)21-13-10-16(11-14-21)20-17(22)19-12-6-9-15-7-4-3-5-8-15/h3-5,7-8,16H,2,6,9-14H2,1H3,(H2,19,20,22). The molecule has 2 rings (SSSR count). The van der Waals surface area contributed by atoms with Gasteiger partial charge in [0, 0.05) is 25.7 Å². The number of hydrogen-bond donors (Lipinski definition) is 2. The largest absolute Gasteiger partial charge is 0.450 e. The van der Waals surface area contributed by atoms with Crippen molar-refractivity contribution in [2.45, 2.75) is 38.6 Å². The van der Waals surface area contributed by atoms with Gasteiger partial charge in [-0.05, 0) is 38.2 Å². The number of urea groups is 1. The van der Waals surface area contributed by atoms with Gasteiger partial charge in [-0.3, -0.25) is 0 Å². The Morgan fingerprint density at radius 1 is 1.21 bits per heavy atom. The van der Waals surface area contributed by atoms with Crippen LogP contribution in [0.25, 0.3) is 0 Å². The summed E-state index contributed by atoms with van der Waals surface area (Å²) in [6, 6.07) is 10.2. The molecule has 3 amide bonds. The van der Waals surface area contributed by atoms with Crippen molar-refractivity contribution in [3.63, 3.8) is 0 Å². The third kappa shape index (κ3) is 6.10. The number of nitrogens with one attached hydrogen (secondary N) is 2. The maximum absolute atomic E-state index is 11.9.